The minimum absolute atomic E-state index is 0.142. The Hall–Kier alpha value is -2.17. The second-order valence-corrected chi connectivity index (χ2v) is 3.74. The molecule has 0 saturated carbocycles. The van der Waals surface area contributed by atoms with E-state index in [9.17, 15) is 9.59 Å². The highest BCUT2D eigenvalue weighted by molar-refractivity contribution is 6.16. The van der Waals surface area contributed by atoms with E-state index in [1.165, 1.54) is 14.0 Å². The van der Waals surface area contributed by atoms with Crippen LogP contribution in [-0.2, 0) is 19.1 Å². The minimum atomic E-state index is -1.60. The molecule has 1 aliphatic heterocycles. The molecule has 5 nitrogen and oxygen atoms in total. The molecule has 0 fully saturated rings. The van der Waals surface area contributed by atoms with Crippen LogP contribution in [0.2, 0.25) is 0 Å². The Labute approximate surface area is 98.1 Å². The molecule has 0 aromatic heterocycles. The summed E-state index contributed by atoms with van der Waals surface area (Å²) in [7, 11) is 1.21. The van der Waals surface area contributed by atoms with Crippen LogP contribution in [0.1, 0.15) is 12.5 Å². The molecule has 1 aromatic carbocycles. The smallest absolute Gasteiger partial charge is 0.352 e. The highest BCUT2D eigenvalue weighted by Gasteiger charge is 2.49. The van der Waals surface area contributed by atoms with Crippen LogP contribution < -0.4 is 0 Å². The maximum Gasteiger partial charge on any atom is 0.352 e. The SMILES string of the molecule is COC(=O)[C@]1(C)N=C(c2ccccc2)OC1=O. The van der Waals surface area contributed by atoms with Crippen molar-refractivity contribution >= 4 is 17.8 Å². The van der Waals surface area contributed by atoms with Gasteiger partial charge in [-0.25, -0.2) is 14.6 Å². The van der Waals surface area contributed by atoms with Crippen molar-refractivity contribution in [1.82, 2.24) is 0 Å². The maximum atomic E-state index is 11.6. The molecule has 88 valence electrons. The van der Waals surface area contributed by atoms with Crippen molar-refractivity contribution in [2.75, 3.05) is 7.11 Å². The van der Waals surface area contributed by atoms with E-state index in [4.69, 9.17) is 4.74 Å². The van der Waals surface area contributed by atoms with Gasteiger partial charge in [0.2, 0.25) is 5.90 Å². The summed E-state index contributed by atoms with van der Waals surface area (Å²) in [6, 6.07) is 8.91. The van der Waals surface area contributed by atoms with Crippen molar-refractivity contribution in [3.63, 3.8) is 0 Å². The topological polar surface area (TPSA) is 65.0 Å². The number of rotatable bonds is 2. The molecule has 0 saturated heterocycles. The fourth-order valence-corrected chi connectivity index (χ4v) is 1.49. The van der Waals surface area contributed by atoms with Crippen molar-refractivity contribution in [3.05, 3.63) is 35.9 Å². The highest BCUT2D eigenvalue weighted by atomic mass is 16.6. The molecule has 17 heavy (non-hydrogen) atoms. The van der Waals surface area contributed by atoms with Crippen LogP contribution >= 0.6 is 0 Å². The van der Waals surface area contributed by atoms with E-state index in [1.807, 2.05) is 6.07 Å². The third kappa shape index (κ3) is 1.80. The highest BCUT2D eigenvalue weighted by Crippen LogP contribution is 2.24. The molecule has 1 aliphatic rings. The molecule has 0 bridgehead atoms. The van der Waals surface area contributed by atoms with Gasteiger partial charge < -0.3 is 9.47 Å². The number of nitrogens with zero attached hydrogens (tertiary/aromatic N) is 1. The molecule has 0 amide bonds. The Bertz CT molecular complexity index is 494. The second-order valence-electron chi connectivity index (χ2n) is 3.74. The molecule has 0 spiro atoms. The zero-order valence-corrected chi connectivity index (χ0v) is 9.47. The predicted octanol–water partition coefficient (Wildman–Crippen LogP) is 0.922. The normalized spacial score (nSPS) is 22.9. The van der Waals surface area contributed by atoms with Crippen molar-refractivity contribution < 1.29 is 19.1 Å². The number of carbonyl (C=O) groups excluding carboxylic acids is 2. The van der Waals surface area contributed by atoms with E-state index < -0.39 is 17.5 Å². The summed E-state index contributed by atoms with van der Waals surface area (Å²) in [4.78, 5) is 27.1. The van der Waals surface area contributed by atoms with Gasteiger partial charge in [-0.3, -0.25) is 0 Å². The molecule has 5 heteroatoms. The van der Waals surface area contributed by atoms with Gasteiger partial charge in [0.05, 0.1) is 7.11 Å². The fourth-order valence-electron chi connectivity index (χ4n) is 1.49. The molecular formula is C12H11NO4. The van der Waals surface area contributed by atoms with Crippen molar-refractivity contribution in [3.8, 4) is 0 Å². The number of hydrogen-bond donors (Lipinski definition) is 0. The lowest BCUT2D eigenvalue weighted by Crippen LogP contribution is -2.40. The van der Waals surface area contributed by atoms with Crippen LogP contribution in [-0.4, -0.2) is 30.5 Å². The first-order valence-electron chi connectivity index (χ1n) is 5.04. The van der Waals surface area contributed by atoms with Gasteiger partial charge in [0.15, 0.2) is 0 Å². The van der Waals surface area contributed by atoms with Crippen molar-refractivity contribution in [2.24, 2.45) is 4.99 Å². The lowest BCUT2D eigenvalue weighted by Gasteiger charge is -2.11. The van der Waals surface area contributed by atoms with E-state index in [2.05, 4.69) is 9.73 Å². The molecular weight excluding hydrogens is 222 g/mol. The lowest BCUT2D eigenvalue weighted by molar-refractivity contribution is -0.154. The predicted molar refractivity (Wildman–Crippen MR) is 59.5 cm³/mol. The van der Waals surface area contributed by atoms with Gasteiger partial charge in [-0.15, -0.1) is 0 Å². The first-order valence-corrected chi connectivity index (χ1v) is 5.04. The van der Waals surface area contributed by atoms with Gasteiger partial charge in [-0.1, -0.05) is 18.2 Å². The fraction of sp³-hybridized carbons (Fsp3) is 0.250. The first kappa shape index (κ1) is 11.3. The standard InChI is InChI=1S/C12H11NO4/c1-12(10(14)16-2)11(15)17-9(13-12)8-6-4-3-5-7-8/h3-7H,1-2H3/t12-/m0/s1. The summed E-state index contributed by atoms with van der Waals surface area (Å²) in [5, 5.41) is 0. The molecule has 1 atom stereocenters. The molecule has 0 unspecified atom stereocenters. The first-order chi connectivity index (χ1) is 8.08. The lowest BCUT2D eigenvalue weighted by atomic mass is 10.1. The van der Waals surface area contributed by atoms with Gasteiger partial charge >= 0.3 is 11.9 Å². The van der Waals surface area contributed by atoms with E-state index in [-0.39, 0.29) is 5.90 Å². The number of methoxy groups -OCH3 is 1. The summed E-state index contributed by atoms with van der Waals surface area (Å²) >= 11 is 0. The zero-order chi connectivity index (χ0) is 12.5. The van der Waals surface area contributed by atoms with Crippen LogP contribution in [0.4, 0.5) is 0 Å². The number of aliphatic imine (C=N–C) groups is 1. The molecule has 0 radical (unpaired) electrons. The average molecular weight is 233 g/mol. The average Bonchev–Trinajstić information content (AvgIpc) is 2.67. The third-order valence-electron chi connectivity index (χ3n) is 2.52. The van der Waals surface area contributed by atoms with Crippen LogP contribution in [0.25, 0.3) is 0 Å². The second kappa shape index (κ2) is 4.01. The summed E-state index contributed by atoms with van der Waals surface area (Å²) < 4.78 is 9.54. The zero-order valence-electron chi connectivity index (χ0n) is 9.47. The van der Waals surface area contributed by atoms with Crippen LogP contribution in [0, 0.1) is 0 Å². The molecule has 0 N–H and O–H groups in total. The van der Waals surface area contributed by atoms with E-state index in [1.54, 1.807) is 24.3 Å². The van der Waals surface area contributed by atoms with Crippen LogP contribution in [0.3, 0.4) is 0 Å². The van der Waals surface area contributed by atoms with Crippen LogP contribution in [0.5, 0.6) is 0 Å². The van der Waals surface area contributed by atoms with Gasteiger partial charge in [0, 0.05) is 5.56 Å². The Kier molecular flexibility index (Phi) is 2.67. The summed E-state index contributed by atoms with van der Waals surface area (Å²) in [5.74, 6) is -1.31. The quantitative estimate of drug-likeness (QED) is 0.563. The Morgan fingerprint density at radius 3 is 2.59 bits per heavy atom. The minimum Gasteiger partial charge on any atom is -0.467 e. The van der Waals surface area contributed by atoms with E-state index >= 15 is 0 Å². The summed E-state index contributed by atoms with van der Waals surface area (Å²) in [6.45, 7) is 1.37. The number of esters is 2. The van der Waals surface area contributed by atoms with Crippen molar-refractivity contribution in [2.45, 2.75) is 12.5 Å². The number of hydrogen-bond acceptors (Lipinski definition) is 5. The van der Waals surface area contributed by atoms with Gasteiger partial charge in [-0.2, -0.15) is 0 Å². The van der Waals surface area contributed by atoms with Crippen LogP contribution in [0.15, 0.2) is 35.3 Å². The van der Waals surface area contributed by atoms with Gasteiger partial charge in [0.25, 0.3) is 5.54 Å². The maximum absolute atomic E-state index is 11.6. The third-order valence-corrected chi connectivity index (χ3v) is 2.52. The summed E-state index contributed by atoms with van der Waals surface area (Å²) in [6.07, 6.45) is 0. The molecule has 2 rings (SSSR count). The van der Waals surface area contributed by atoms with Crippen molar-refractivity contribution in [1.29, 1.82) is 0 Å². The Balaban J connectivity index is 2.38. The molecule has 1 aromatic rings. The number of benzene rings is 1. The number of cyclic esters (lactones) is 1. The number of ether oxygens (including phenoxy) is 2. The Morgan fingerprint density at radius 2 is 2.00 bits per heavy atom. The molecule has 1 heterocycles. The molecule has 0 aliphatic carbocycles. The Morgan fingerprint density at radius 1 is 1.35 bits per heavy atom. The van der Waals surface area contributed by atoms with E-state index in [0.717, 1.165) is 0 Å². The summed E-state index contributed by atoms with van der Waals surface area (Å²) in [5.41, 5.74) is -0.951. The largest absolute Gasteiger partial charge is 0.467 e. The van der Waals surface area contributed by atoms with Gasteiger partial charge in [-0.05, 0) is 19.1 Å². The van der Waals surface area contributed by atoms with Gasteiger partial charge in [0.1, 0.15) is 0 Å². The van der Waals surface area contributed by atoms with E-state index in [0.29, 0.717) is 5.56 Å². The monoisotopic (exact) mass is 233 g/mol. The number of carbonyl (C=O) groups is 2.